The summed E-state index contributed by atoms with van der Waals surface area (Å²) in [6, 6.07) is -4.33. The lowest BCUT2D eigenvalue weighted by Crippen LogP contribution is -2.59. The van der Waals surface area contributed by atoms with Gasteiger partial charge in [-0.3, -0.25) is 19.2 Å². The number of carboxylic acids is 1. The molecule has 1 aromatic rings. The van der Waals surface area contributed by atoms with Crippen LogP contribution in [0.3, 0.4) is 0 Å². The second-order valence-corrected chi connectivity index (χ2v) is 8.38. The summed E-state index contributed by atoms with van der Waals surface area (Å²) >= 11 is 0. The van der Waals surface area contributed by atoms with E-state index in [1.807, 2.05) is 0 Å². The fourth-order valence-corrected chi connectivity index (χ4v) is 3.65. The molecule has 1 saturated heterocycles. The number of amides is 4. The second kappa shape index (κ2) is 11.4. The molecule has 0 radical (unpaired) electrons. The third-order valence-corrected chi connectivity index (χ3v) is 5.42. The summed E-state index contributed by atoms with van der Waals surface area (Å²) in [5.41, 5.74) is 11.3. The molecule has 2 rings (SSSR count). The van der Waals surface area contributed by atoms with Gasteiger partial charge in [-0.15, -0.1) is 0 Å². The van der Waals surface area contributed by atoms with E-state index in [0.29, 0.717) is 18.5 Å². The van der Waals surface area contributed by atoms with E-state index in [-0.39, 0.29) is 18.9 Å². The van der Waals surface area contributed by atoms with Crippen LogP contribution in [0.2, 0.25) is 0 Å². The summed E-state index contributed by atoms with van der Waals surface area (Å²) in [7, 11) is 0. The van der Waals surface area contributed by atoms with Gasteiger partial charge in [0.25, 0.3) is 0 Å². The number of imidazole rings is 1. The monoisotopic (exact) mass is 465 g/mol. The van der Waals surface area contributed by atoms with E-state index in [1.165, 1.54) is 17.4 Å². The normalized spacial score (nSPS) is 18.4. The number of hydrogen-bond acceptors (Lipinski definition) is 7. The molecular weight excluding hydrogens is 434 g/mol. The topological polar surface area (TPSA) is 214 Å². The Hall–Kier alpha value is -3.48. The number of primary amides is 1. The Bertz CT molecular complexity index is 872. The number of likely N-dealkylation sites (tertiary alicyclic amines) is 1. The summed E-state index contributed by atoms with van der Waals surface area (Å²) in [5.74, 6) is -4.13. The predicted molar refractivity (Wildman–Crippen MR) is 115 cm³/mol. The molecular formula is C20H31N7O6. The zero-order valence-electron chi connectivity index (χ0n) is 18.6. The number of nitrogens with two attached hydrogens (primary N) is 2. The molecule has 33 heavy (non-hydrogen) atoms. The van der Waals surface area contributed by atoms with Crippen LogP contribution in [0.5, 0.6) is 0 Å². The fraction of sp³-hybridized carbons (Fsp3) is 0.600. The number of carbonyl (C=O) groups is 5. The molecule has 1 aromatic heterocycles. The highest BCUT2D eigenvalue weighted by molar-refractivity contribution is 5.95. The second-order valence-electron chi connectivity index (χ2n) is 8.38. The van der Waals surface area contributed by atoms with Crippen molar-refractivity contribution in [2.24, 2.45) is 17.4 Å². The quantitative estimate of drug-likeness (QED) is 0.211. The number of H-pyrrole nitrogens is 1. The van der Waals surface area contributed by atoms with E-state index >= 15 is 0 Å². The number of rotatable bonds is 11. The van der Waals surface area contributed by atoms with Gasteiger partial charge in [0.2, 0.25) is 23.6 Å². The van der Waals surface area contributed by atoms with Crippen LogP contribution < -0.4 is 22.1 Å². The number of aromatic nitrogens is 2. The summed E-state index contributed by atoms with van der Waals surface area (Å²) < 4.78 is 0. The molecule has 0 aromatic carbocycles. The number of aromatic amines is 1. The molecule has 8 N–H and O–H groups in total. The number of nitrogens with zero attached hydrogens (tertiary/aromatic N) is 2. The molecule has 1 fully saturated rings. The fourth-order valence-electron chi connectivity index (χ4n) is 3.65. The van der Waals surface area contributed by atoms with Crippen molar-refractivity contribution in [1.29, 1.82) is 0 Å². The van der Waals surface area contributed by atoms with Gasteiger partial charge in [0.15, 0.2) is 0 Å². The van der Waals surface area contributed by atoms with Crippen molar-refractivity contribution in [3.63, 3.8) is 0 Å². The minimum absolute atomic E-state index is 0.0152. The maximum Gasteiger partial charge on any atom is 0.326 e. The highest BCUT2D eigenvalue weighted by Crippen LogP contribution is 2.20. The minimum Gasteiger partial charge on any atom is -0.480 e. The first-order chi connectivity index (χ1) is 15.5. The average Bonchev–Trinajstić information content (AvgIpc) is 3.41. The van der Waals surface area contributed by atoms with Gasteiger partial charge < -0.3 is 37.1 Å². The molecule has 2 heterocycles. The van der Waals surface area contributed by atoms with E-state index < -0.39 is 60.2 Å². The first-order valence-corrected chi connectivity index (χ1v) is 10.7. The predicted octanol–water partition coefficient (Wildman–Crippen LogP) is -2.14. The van der Waals surface area contributed by atoms with Crippen LogP contribution in [-0.2, 0) is 30.4 Å². The van der Waals surface area contributed by atoms with E-state index in [4.69, 9.17) is 11.5 Å². The third kappa shape index (κ3) is 7.00. The number of hydrogen-bond donors (Lipinski definition) is 6. The minimum atomic E-state index is -1.25. The van der Waals surface area contributed by atoms with Gasteiger partial charge in [0.1, 0.15) is 18.1 Å². The Labute approximate surface area is 190 Å². The molecule has 4 amide bonds. The van der Waals surface area contributed by atoms with Crippen LogP contribution in [0.4, 0.5) is 0 Å². The molecule has 1 aliphatic rings. The lowest BCUT2D eigenvalue weighted by atomic mass is 10.0. The number of nitrogens with one attached hydrogen (secondary N) is 3. The Balaban J connectivity index is 2.18. The molecule has 4 atom stereocenters. The SMILES string of the molecule is CC(C)C(NC(=O)C(Cc1cnc[nH]1)NC(=O)C(N)CC(N)=O)C(=O)N1CCCC1C(=O)O. The molecule has 4 unspecified atom stereocenters. The summed E-state index contributed by atoms with van der Waals surface area (Å²) in [4.78, 5) is 69.2. The van der Waals surface area contributed by atoms with Crippen LogP contribution in [0, 0.1) is 5.92 Å². The van der Waals surface area contributed by atoms with Gasteiger partial charge in [-0.05, 0) is 18.8 Å². The first kappa shape index (κ1) is 25.8. The van der Waals surface area contributed by atoms with E-state index in [1.54, 1.807) is 13.8 Å². The Morgan fingerprint density at radius 1 is 1.24 bits per heavy atom. The van der Waals surface area contributed by atoms with Crippen molar-refractivity contribution in [3.05, 3.63) is 18.2 Å². The Morgan fingerprint density at radius 2 is 1.94 bits per heavy atom. The average molecular weight is 466 g/mol. The van der Waals surface area contributed by atoms with Crippen molar-refractivity contribution in [2.75, 3.05) is 6.54 Å². The first-order valence-electron chi connectivity index (χ1n) is 10.7. The largest absolute Gasteiger partial charge is 0.480 e. The summed E-state index contributed by atoms with van der Waals surface area (Å²) in [6.45, 7) is 3.73. The van der Waals surface area contributed by atoms with Crippen molar-refractivity contribution in [1.82, 2.24) is 25.5 Å². The molecule has 13 heteroatoms. The summed E-state index contributed by atoms with van der Waals surface area (Å²) in [5, 5.41) is 14.5. The molecule has 0 spiro atoms. The van der Waals surface area contributed by atoms with Crippen molar-refractivity contribution in [2.45, 2.75) is 63.7 Å². The lowest BCUT2D eigenvalue weighted by Gasteiger charge is -2.30. The maximum absolute atomic E-state index is 13.1. The van der Waals surface area contributed by atoms with E-state index in [0.717, 1.165) is 0 Å². The molecule has 0 aliphatic carbocycles. The summed E-state index contributed by atoms with van der Waals surface area (Å²) in [6.07, 6.45) is 3.39. The van der Waals surface area contributed by atoms with E-state index in [2.05, 4.69) is 20.6 Å². The molecule has 182 valence electrons. The van der Waals surface area contributed by atoms with Gasteiger partial charge in [0, 0.05) is 24.9 Å². The van der Waals surface area contributed by atoms with Crippen LogP contribution in [0.25, 0.3) is 0 Å². The number of carboxylic acid groups (broad SMARTS) is 1. The maximum atomic E-state index is 13.1. The van der Waals surface area contributed by atoms with Gasteiger partial charge in [-0.1, -0.05) is 13.8 Å². The van der Waals surface area contributed by atoms with Gasteiger partial charge in [-0.25, -0.2) is 9.78 Å². The van der Waals surface area contributed by atoms with Crippen LogP contribution in [0.1, 0.15) is 38.8 Å². The number of aliphatic carboxylic acids is 1. The van der Waals surface area contributed by atoms with Crippen LogP contribution in [-0.4, -0.2) is 80.3 Å². The lowest BCUT2D eigenvalue weighted by molar-refractivity contribution is -0.150. The Kier molecular flexibility index (Phi) is 8.91. The standard InChI is InChI=1S/C20H31N7O6/c1-10(2)16(19(31)27-5-3-4-14(27)20(32)33)26-18(30)13(6-11-8-23-9-24-11)25-17(29)12(21)7-15(22)28/h8-10,12-14,16H,3-7,21H2,1-2H3,(H2,22,28)(H,23,24)(H,25,29)(H,26,30)(H,32,33). The molecule has 13 nitrogen and oxygen atoms in total. The highest BCUT2D eigenvalue weighted by Gasteiger charge is 2.39. The molecule has 1 aliphatic heterocycles. The highest BCUT2D eigenvalue weighted by atomic mass is 16.4. The molecule has 0 bridgehead atoms. The zero-order valence-corrected chi connectivity index (χ0v) is 18.6. The third-order valence-electron chi connectivity index (χ3n) is 5.42. The zero-order chi connectivity index (χ0) is 24.7. The van der Waals surface area contributed by atoms with Crippen molar-refractivity contribution >= 4 is 29.6 Å². The van der Waals surface area contributed by atoms with Crippen LogP contribution >= 0.6 is 0 Å². The van der Waals surface area contributed by atoms with Crippen molar-refractivity contribution < 1.29 is 29.1 Å². The van der Waals surface area contributed by atoms with E-state index in [9.17, 15) is 29.1 Å². The number of carbonyl (C=O) groups excluding carboxylic acids is 4. The van der Waals surface area contributed by atoms with Crippen molar-refractivity contribution in [3.8, 4) is 0 Å². The smallest absolute Gasteiger partial charge is 0.326 e. The van der Waals surface area contributed by atoms with Gasteiger partial charge in [0.05, 0.1) is 18.8 Å². The molecule has 0 saturated carbocycles. The van der Waals surface area contributed by atoms with Gasteiger partial charge >= 0.3 is 5.97 Å². The van der Waals surface area contributed by atoms with Crippen LogP contribution in [0.15, 0.2) is 12.5 Å². The Morgan fingerprint density at radius 3 is 2.48 bits per heavy atom. The van der Waals surface area contributed by atoms with Gasteiger partial charge in [-0.2, -0.15) is 0 Å².